The minimum atomic E-state index is -0.242. The average Bonchev–Trinajstić information content (AvgIpc) is 2.83. The molecule has 0 N–H and O–H groups in total. The van der Waals surface area contributed by atoms with Crippen LogP contribution in [0, 0.1) is 5.82 Å². The summed E-state index contributed by atoms with van der Waals surface area (Å²) in [7, 11) is 1.60. The number of aromatic nitrogens is 3. The number of fused-ring (bicyclic) bond motifs is 1. The van der Waals surface area contributed by atoms with Crippen molar-refractivity contribution in [1.29, 1.82) is 0 Å². The van der Waals surface area contributed by atoms with Crippen molar-refractivity contribution in [3.63, 3.8) is 0 Å². The number of rotatable bonds is 3. The molecule has 5 heteroatoms. The standard InChI is InChI=1S/C14H12FN3O/c1-19-12-3-2-8-18-14(12)16-13(17-18)9-10-4-6-11(15)7-5-10/h2-8H,9H2,1H3. The molecule has 0 amide bonds. The third kappa shape index (κ3) is 2.27. The van der Waals surface area contributed by atoms with Crippen molar-refractivity contribution >= 4 is 5.65 Å². The maximum absolute atomic E-state index is 12.8. The zero-order valence-electron chi connectivity index (χ0n) is 10.4. The summed E-state index contributed by atoms with van der Waals surface area (Å²) in [4.78, 5) is 4.43. The SMILES string of the molecule is COc1cccn2nc(Cc3ccc(F)cc3)nc12. The molecule has 96 valence electrons. The van der Waals surface area contributed by atoms with Crippen molar-refractivity contribution < 1.29 is 9.13 Å². The van der Waals surface area contributed by atoms with E-state index in [9.17, 15) is 4.39 Å². The number of pyridine rings is 1. The first-order valence-electron chi connectivity index (χ1n) is 5.89. The third-order valence-electron chi connectivity index (χ3n) is 2.87. The van der Waals surface area contributed by atoms with Crippen LogP contribution in [0.25, 0.3) is 5.65 Å². The topological polar surface area (TPSA) is 39.4 Å². The van der Waals surface area contributed by atoms with E-state index in [0.29, 0.717) is 23.6 Å². The Kier molecular flexibility index (Phi) is 2.87. The molecule has 0 radical (unpaired) electrons. The largest absolute Gasteiger partial charge is 0.493 e. The van der Waals surface area contributed by atoms with Crippen LogP contribution in [0.5, 0.6) is 5.75 Å². The van der Waals surface area contributed by atoms with Crippen LogP contribution in [0.3, 0.4) is 0 Å². The Morgan fingerprint density at radius 3 is 2.74 bits per heavy atom. The summed E-state index contributed by atoms with van der Waals surface area (Å²) >= 11 is 0. The van der Waals surface area contributed by atoms with Crippen LogP contribution in [0.1, 0.15) is 11.4 Å². The molecule has 0 aliphatic rings. The van der Waals surface area contributed by atoms with Gasteiger partial charge in [-0.2, -0.15) is 5.10 Å². The highest BCUT2D eigenvalue weighted by Crippen LogP contribution is 2.17. The Bertz CT molecular complexity index is 706. The minimum absolute atomic E-state index is 0.242. The molecule has 2 heterocycles. The first-order chi connectivity index (χ1) is 9.26. The Balaban J connectivity index is 1.95. The second kappa shape index (κ2) is 4.68. The number of benzene rings is 1. The molecule has 3 rings (SSSR count). The number of nitrogens with zero attached hydrogens (tertiary/aromatic N) is 3. The van der Waals surface area contributed by atoms with E-state index in [2.05, 4.69) is 10.1 Å². The fourth-order valence-corrected chi connectivity index (χ4v) is 1.95. The van der Waals surface area contributed by atoms with Crippen LogP contribution in [0.4, 0.5) is 4.39 Å². The Labute approximate surface area is 109 Å². The number of ether oxygens (including phenoxy) is 1. The van der Waals surface area contributed by atoms with Crippen molar-refractivity contribution in [2.24, 2.45) is 0 Å². The van der Waals surface area contributed by atoms with Crippen LogP contribution in [0.15, 0.2) is 42.6 Å². The van der Waals surface area contributed by atoms with E-state index >= 15 is 0 Å². The van der Waals surface area contributed by atoms with E-state index < -0.39 is 0 Å². The lowest BCUT2D eigenvalue weighted by atomic mass is 10.1. The fourth-order valence-electron chi connectivity index (χ4n) is 1.95. The van der Waals surface area contributed by atoms with Gasteiger partial charge in [0.15, 0.2) is 17.2 Å². The Morgan fingerprint density at radius 2 is 2.00 bits per heavy atom. The van der Waals surface area contributed by atoms with Crippen LogP contribution in [0.2, 0.25) is 0 Å². The summed E-state index contributed by atoms with van der Waals surface area (Å²) in [6, 6.07) is 10.0. The first-order valence-corrected chi connectivity index (χ1v) is 5.89. The van der Waals surface area contributed by atoms with Crippen LogP contribution in [-0.4, -0.2) is 21.7 Å². The minimum Gasteiger partial charge on any atom is -0.493 e. The molecule has 0 saturated heterocycles. The molecule has 0 bridgehead atoms. The first kappa shape index (κ1) is 11.6. The molecule has 0 fully saturated rings. The van der Waals surface area contributed by atoms with Crippen LogP contribution in [-0.2, 0) is 6.42 Å². The van der Waals surface area contributed by atoms with E-state index in [4.69, 9.17) is 4.74 Å². The molecular formula is C14H12FN3O. The second-order valence-corrected chi connectivity index (χ2v) is 4.18. The molecule has 3 aromatic rings. The van der Waals surface area contributed by atoms with Crippen molar-refractivity contribution in [3.8, 4) is 5.75 Å². The summed E-state index contributed by atoms with van der Waals surface area (Å²) in [6.45, 7) is 0. The molecule has 0 aliphatic carbocycles. The van der Waals surface area contributed by atoms with E-state index in [1.807, 2.05) is 18.3 Å². The van der Waals surface area contributed by atoms with Crippen molar-refractivity contribution in [2.75, 3.05) is 7.11 Å². The Hall–Kier alpha value is -2.43. The molecule has 0 spiro atoms. The smallest absolute Gasteiger partial charge is 0.198 e. The highest BCUT2D eigenvalue weighted by atomic mass is 19.1. The maximum Gasteiger partial charge on any atom is 0.198 e. The quantitative estimate of drug-likeness (QED) is 0.723. The summed E-state index contributed by atoms with van der Waals surface area (Å²) in [5.41, 5.74) is 1.65. The van der Waals surface area contributed by atoms with Gasteiger partial charge in [0, 0.05) is 12.6 Å². The molecule has 0 aliphatic heterocycles. The number of methoxy groups -OCH3 is 1. The highest BCUT2D eigenvalue weighted by Gasteiger charge is 2.08. The van der Waals surface area contributed by atoms with Gasteiger partial charge in [-0.05, 0) is 29.8 Å². The zero-order valence-corrected chi connectivity index (χ0v) is 10.4. The number of halogens is 1. The van der Waals surface area contributed by atoms with E-state index in [1.54, 1.807) is 23.8 Å². The molecule has 2 aromatic heterocycles. The van der Waals surface area contributed by atoms with E-state index in [-0.39, 0.29) is 5.82 Å². The van der Waals surface area contributed by atoms with Gasteiger partial charge in [-0.25, -0.2) is 13.9 Å². The molecule has 0 unspecified atom stereocenters. The van der Waals surface area contributed by atoms with Gasteiger partial charge in [-0.3, -0.25) is 0 Å². The fraction of sp³-hybridized carbons (Fsp3) is 0.143. The second-order valence-electron chi connectivity index (χ2n) is 4.18. The zero-order chi connectivity index (χ0) is 13.2. The third-order valence-corrected chi connectivity index (χ3v) is 2.87. The van der Waals surface area contributed by atoms with Gasteiger partial charge in [-0.15, -0.1) is 0 Å². The van der Waals surface area contributed by atoms with Gasteiger partial charge in [0.1, 0.15) is 5.82 Å². The highest BCUT2D eigenvalue weighted by molar-refractivity contribution is 5.52. The summed E-state index contributed by atoms with van der Waals surface area (Å²) < 4.78 is 19.8. The lowest BCUT2D eigenvalue weighted by Crippen LogP contribution is -1.92. The number of hydrogen-bond donors (Lipinski definition) is 0. The van der Waals surface area contributed by atoms with Crippen molar-refractivity contribution in [1.82, 2.24) is 14.6 Å². The number of hydrogen-bond acceptors (Lipinski definition) is 3. The Morgan fingerprint density at radius 1 is 1.21 bits per heavy atom. The molecule has 0 atom stereocenters. The lowest BCUT2D eigenvalue weighted by molar-refractivity contribution is 0.416. The van der Waals surface area contributed by atoms with E-state index in [0.717, 1.165) is 5.56 Å². The maximum atomic E-state index is 12.8. The molecule has 4 nitrogen and oxygen atoms in total. The van der Waals surface area contributed by atoms with Gasteiger partial charge >= 0.3 is 0 Å². The predicted octanol–water partition coefficient (Wildman–Crippen LogP) is 2.47. The average molecular weight is 257 g/mol. The normalized spacial score (nSPS) is 10.8. The molecule has 0 saturated carbocycles. The molecule has 19 heavy (non-hydrogen) atoms. The van der Waals surface area contributed by atoms with Gasteiger partial charge in [0.2, 0.25) is 0 Å². The van der Waals surface area contributed by atoms with Gasteiger partial charge in [-0.1, -0.05) is 12.1 Å². The van der Waals surface area contributed by atoms with Gasteiger partial charge < -0.3 is 4.74 Å². The molecular weight excluding hydrogens is 245 g/mol. The molecule has 1 aromatic carbocycles. The summed E-state index contributed by atoms with van der Waals surface area (Å²) in [6.07, 6.45) is 2.38. The summed E-state index contributed by atoms with van der Waals surface area (Å²) in [5.74, 6) is 1.12. The van der Waals surface area contributed by atoms with Crippen molar-refractivity contribution in [2.45, 2.75) is 6.42 Å². The van der Waals surface area contributed by atoms with E-state index in [1.165, 1.54) is 12.1 Å². The van der Waals surface area contributed by atoms with Crippen molar-refractivity contribution in [3.05, 3.63) is 59.8 Å². The van der Waals surface area contributed by atoms with Gasteiger partial charge in [0.05, 0.1) is 7.11 Å². The van der Waals surface area contributed by atoms with Crippen LogP contribution >= 0.6 is 0 Å². The van der Waals surface area contributed by atoms with Gasteiger partial charge in [0.25, 0.3) is 0 Å². The predicted molar refractivity (Wildman–Crippen MR) is 68.7 cm³/mol. The summed E-state index contributed by atoms with van der Waals surface area (Å²) in [5, 5.41) is 4.37. The lowest BCUT2D eigenvalue weighted by Gasteiger charge is -1.98. The van der Waals surface area contributed by atoms with Crippen LogP contribution < -0.4 is 4.74 Å². The monoisotopic (exact) mass is 257 g/mol.